The fraction of sp³-hybridized carbons (Fsp3) is 0.0345. The molecule has 1 aliphatic heterocycles. The molecule has 0 amide bonds. The van der Waals surface area contributed by atoms with E-state index in [2.05, 4.69) is 21.0 Å². The molecule has 5 aromatic rings. The molecule has 0 radical (unpaired) electrons. The summed E-state index contributed by atoms with van der Waals surface area (Å²) in [7, 11) is 0. The largest absolute Gasteiger partial charge is 0.454 e. The van der Waals surface area contributed by atoms with Crippen molar-refractivity contribution in [3.05, 3.63) is 117 Å². The highest BCUT2D eigenvalue weighted by molar-refractivity contribution is 9.10. The van der Waals surface area contributed by atoms with Gasteiger partial charge in [-0.1, -0.05) is 52.3 Å². The van der Waals surface area contributed by atoms with E-state index in [0.717, 1.165) is 10.0 Å². The number of ether oxygens (including phenoxy) is 3. The Kier molecular flexibility index (Phi) is 6.19. The second-order valence-electron chi connectivity index (χ2n) is 8.32. The van der Waals surface area contributed by atoms with Gasteiger partial charge in [0.1, 0.15) is 5.75 Å². The zero-order valence-corrected chi connectivity index (χ0v) is 21.3. The first-order chi connectivity index (χ1) is 18.6. The van der Waals surface area contributed by atoms with Crippen molar-refractivity contribution >= 4 is 39.0 Å². The molecule has 0 spiro atoms. The zero-order chi connectivity index (χ0) is 26.1. The number of rotatable bonds is 5. The van der Waals surface area contributed by atoms with E-state index in [1.807, 2.05) is 30.3 Å². The third kappa shape index (κ3) is 4.55. The predicted octanol–water partition coefficient (Wildman–Crippen LogP) is 5.66. The molecule has 0 aliphatic carbocycles. The van der Waals surface area contributed by atoms with Gasteiger partial charge in [-0.05, 0) is 54.6 Å². The molecule has 8 nitrogen and oxygen atoms in total. The van der Waals surface area contributed by atoms with E-state index in [4.69, 9.17) is 19.2 Å². The van der Waals surface area contributed by atoms with Crippen molar-refractivity contribution in [2.45, 2.75) is 0 Å². The summed E-state index contributed by atoms with van der Waals surface area (Å²) in [5.74, 6) is 1.16. The summed E-state index contributed by atoms with van der Waals surface area (Å²) in [5.41, 5.74) is 1.78. The number of carbonyl (C=O) groups excluding carboxylic acids is 1. The van der Waals surface area contributed by atoms with Gasteiger partial charge >= 0.3 is 5.97 Å². The van der Waals surface area contributed by atoms with Crippen LogP contribution in [0.2, 0.25) is 0 Å². The molecule has 0 N–H and O–H groups in total. The molecule has 2 heterocycles. The van der Waals surface area contributed by atoms with Gasteiger partial charge in [0, 0.05) is 15.6 Å². The summed E-state index contributed by atoms with van der Waals surface area (Å²) in [5, 5.41) is 4.93. The minimum atomic E-state index is -0.566. The van der Waals surface area contributed by atoms with Gasteiger partial charge in [-0.25, -0.2) is 9.78 Å². The van der Waals surface area contributed by atoms with Crippen molar-refractivity contribution in [2.24, 2.45) is 5.10 Å². The molecule has 0 fully saturated rings. The molecule has 186 valence electrons. The lowest BCUT2D eigenvalue weighted by molar-refractivity contribution is 0.0734. The molecule has 0 unspecified atom stereocenters. The Hall–Kier alpha value is -4.76. The number of fused-ring (bicyclic) bond motifs is 2. The maximum atomic E-state index is 13.4. The van der Waals surface area contributed by atoms with Crippen molar-refractivity contribution in [1.29, 1.82) is 0 Å². The number of esters is 1. The van der Waals surface area contributed by atoms with Gasteiger partial charge < -0.3 is 14.2 Å². The zero-order valence-electron chi connectivity index (χ0n) is 19.7. The lowest BCUT2D eigenvalue weighted by atomic mass is 10.2. The Morgan fingerprint density at radius 3 is 2.58 bits per heavy atom. The van der Waals surface area contributed by atoms with Gasteiger partial charge in [-0.3, -0.25) is 4.79 Å². The second kappa shape index (κ2) is 9.95. The van der Waals surface area contributed by atoms with Crippen LogP contribution in [0.15, 0.2) is 105 Å². The van der Waals surface area contributed by atoms with Crippen molar-refractivity contribution < 1.29 is 19.0 Å². The average molecular weight is 568 g/mol. The van der Waals surface area contributed by atoms with Crippen LogP contribution < -0.4 is 19.8 Å². The highest BCUT2D eigenvalue weighted by atomic mass is 79.9. The number of hydrogen-bond acceptors (Lipinski definition) is 7. The highest BCUT2D eigenvalue weighted by Gasteiger charge is 2.18. The lowest BCUT2D eigenvalue weighted by Gasteiger charge is -2.10. The molecule has 6 rings (SSSR count). The number of para-hydroxylation sites is 2. The van der Waals surface area contributed by atoms with Crippen molar-refractivity contribution in [3.8, 4) is 28.6 Å². The summed E-state index contributed by atoms with van der Waals surface area (Å²) in [6.45, 7) is 0.109. The third-order valence-corrected chi connectivity index (χ3v) is 6.43. The Bertz CT molecular complexity index is 1780. The van der Waals surface area contributed by atoms with Crippen LogP contribution in [0.3, 0.4) is 0 Å². The minimum absolute atomic E-state index is 0.109. The summed E-state index contributed by atoms with van der Waals surface area (Å²) in [6, 6.07) is 26.3. The second-order valence-corrected chi connectivity index (χ2v) is 9.23. The van der Waals surface area contributed by atoms with Crippen molar-refractivity contribution in [1.82, 2.24) is 9.66 Å². The van der Waals surface area contributed by atoms with Gasteiger partial charge in [-0.15, -0.1) is 0 Å². The van der Waals surface area contributed by atoms with E-state index in [1.165, 1.54) is 10.9 Å². The first-order valence-corrected chi connectivity index (χ1v) is 12.4. The molecule has 4 aromatic carbocycles. The van der Waals surface area contributed by atoms with Gasteiger partial charge in [0.05, 0.1) is 22.7 Å². The van der Waals surface area contributed by atoms with Crippen LogP contribution in [0.5, 0.6) is 17.2 Å². The van der Waals surface area contributed by atoms with E-state index in [0.29, 0.717) is 39.4 Å². The van der Waals surface area contributed by atoms with Crippen LogP contribution in [0.1, 0.15) is 15.9 Å². The number of hydrogen-bond donors (Lipinski definition) is 0. The van der Waals surface area contributed by atoms with E-state index in [9.17, 15) is 9.59 Å². The first-order valence-electron chi connectivity index (χ1n) is 11.6. The van der Waals surface area contributed by atoms with E-state index in [-0.39, 0.29) is 18.1 Å². The minimum Gasteiger partial charge on any atom is -0.454 e. The number of nitrogens with zero attached hydrogens (tertiary/aromatic N) is 3. The normalized spacial score (nSPS) is 12.2. The standard InChI is InChI=1S/C29H18BrN3O5/c30-21-12-9-18(10-13-21)27-32-23-7-3-2-6-22(23)28(34)33(27)31-16-20-5-1-4-8-24(20)38-29(35)19-11-14-25-26(15-19)37-17-36-25/h1-16H,17H2. The molecule has 1 aromatic heterocycles. The fourth-order valence-corrected chi connectivity index (χ4v) is 4.26. The van der Waals surface area contributed by atoms with Crippen LogP contribution in [-0.2, 0) is 0 Å². The Labute approximate surface area is 224 Å². The van der Waals surface area contributed by atoms with Crippen LogP contribution in [0.25, 0.3) is 22.3 Å². The Morgan fingerprint density at radius 1 is 0.947 bits per heavy atom. The van der Waals surface area contributed by atoms with E-state index < -0.39 is 5.97 Å². The number of halogens is 1. The fourth-order valence-electron chi connectivity index (χ4n) is 4.00. The number of aromatic nitrogens is 2. The number of benzene rings is 4. The van der Waals surface area contributed by atoms with Crippen LogP contribution in [0.4, 0.5) is 0 Å². The highest BCUT2D eigenvalue weighted by Crippen LogP contribution is 2.33. The van der Waals surface area contributed by atoms with Crippen LogP contribution in [0, 0.1) is 0 Å². The molecule has 38 heavy (non-hydrogen) atoms. The van der Waals surface area contributed by atoms with Crippen LogP contribution >= 0.6 is 15.9 Å². The molecule has 0 saturated carbocycles. The van der Waals surface area contributed by atoms with Gasteiger partial charge in [0.2, 0.25) is 6.79 Å². The van der Waals surface area contributed by atoms with Crippen LogP contribution in [-0.4, -0.2) is 28.6 Å². The molecular weight excluding hydrogens is 550 g/mol. The monoisotopic (exact) mass is 567 g/mol. The molecule has 0 atom stereocenters. The molecule has 1 aliphatic rings. The maximum Gasteiger partial charge on any atom is 0.343 e. The molecule has 9 heteroatoms. The van der Waals surface area contributed by atoms with Crippen molar-refractivity contribution in [3.63, 3.8) is 0 Å². The SMILES string of the molecule is O=C(Oc1ccccc1C=Nn1c(-c2ccc(Br)cc2)nc2ccccc2c1=O)c1ccc2c(c1)OCO2. The predicted molar refractivity (Wildman–Crippen MR) is 146 cm³/mol. The summed E-state index contributed by atoms with van der Waals surface area (Å²) in [4.78, 5) is 31.0. The molecular formula is C29H18BrN3O5. The first kappa shape index (κ1) is 23.6. The van der Waals surface area contributed by atoms with Crippen molar-refractivity contribution in [2.75, 3.05) is 6.79 Å². The quantitative estimate of drug-likeness (QED) is 0.155. The molecule has 0 bridgehead atoms. The van der Waals surface area contributed by atoms with Gasteiger partial charge in [-0.2, -0.15) is 9.78 Å². The third-order valence-electron chi connectivity index (χ3n) is 5.90. The van der Waals surface area contributed by atoms with Gasteiger partial charge in [0.25, 0.3) is 5.56 Å². The Morgan fingerprint density at radius 2 is 1.71 bits per heavy atom. The number of carbonyl (C=O) groups is 1. The smallest absolute Gasteiger partial charge is 0.343 e. The summed E-state index contributed by atoms with van der Waals surface area (Å²) >= 11 is 3.44. The average Bonchev–Trinajstić information content (AvgIpc) is 3.42. The van der Waals surface area contributed by atoms with E-state index >= 15 is 0 Å². The summed E-state index contributed by atoms with van der Waals surface area (Å²) in [6.07, 6.45) is 1.47. The van der Waals surface area contributed by atoms with Gasteiger partial charge in [0.15, 0.2) is 17.3 Å². The molecule has 0 saturated heterocycles. The Balaban J connectivity index is 1.37. The lowest BCUT2D eigenvalue weighted by Crippen LogP contribution is -2.20. The summed E-state index contributed by atoms with van der Waals surface area (Å²) < 4.78 is 18.5. The van der Waals surface area contributed by atoms with E-state index in [1.54, 1.807) is 60.7 Å². The topological polar surface area (TPSA) is 92.0 Å². The maximum absolute atomic E-state index is 13.4.